The Hall–Kier alpha value is -1.06. The van der Waals surface area contributed by atoms with E-state index in [2.05, 4.69) is 0 Å². The SMILES string of the molecule is CN1CCC[C@@H](C(=O)OC(C)(C)C)C1=O. The zero-order valence-electron chi connectivity index (χ0n) is 9.87. The number of piperidine rings is 1. The van der Waals surface area contributed by atoms with Gasteiger partial charge in [0.15, 0.2) is 0 Å². The molecule has 0 saturated carbocycles. The molecule has 0 spiro atoms. The molecular formula is C11H19NO3. The largest absolute Gasteiger partial charge is 0.459 e. The average Bonchev–Trinajstić information content (AvgIpc) is 2.06. The summed E-state index contributed by atoms with van der Waals surface area (Å²) in [4.78, 5) is 25.0. The van der Waals surface area contributed by atoms with E-state index in [9.17, 15) is 9.59 Å². The fourth-order valence-corrected chi connectivity index (χ4v) is 1.62. The van der Waals surface area contributed by atoms with E-state index in [0.29, 0.717) is 6.42 Å². The maximum Gasteiger partial charge on any atom is 0.319 e. The van der Waals surface area contributed by atoms with Crippen LogP contribution >= 0.6 is 0 Å². The lowest BCUT2D eigenvalue weighted by Crippen LogP contribution is -2.43. The van der Waals surface area contributed by atoms with E-state index in [1.807, 2.05) is 20.8 Å². The van der Waals surface area contributed by atoms with Gasteiger partial charge in [-0.3, -0.25) is 9.59 Å². The van der Waals surface area contributed by atoms with Crippen LogP contribution in [0.5, 0.6) is 0 Å². The fourth-order valence-electron chi connectivity index (χ4n) is 1.62. The standard InChI is InChI=1S/C11H19NO3/c1-11(2,3)15-10(14)8-6-5-7-12(4)9(8)13/h8H,5-7H2,1-4H3/t8-/m1/s1. The number of ether oxygens (including phenoxy) is 1. The lowest BCUT2D eigenvalue weighted by Gasteiger charge is -2.30. The van der Waals surface area contributed by atoms with Gasteiger partial charge in [-0.05, 0) is 33.6 Å². The number of rotatable bonds is 1. The van der Waals surface area contributed by atoms with Crippen LogP contribution in [0.1, 0.15) is 33.6 Å². The zero-order valence-corrected chi connectivity index (χ0v) is 9.87. The van der Waals surface area contributed by atoms with Gasteiger partial charge in [-0.1, -0.05) is 0 Å². The van der Waals surface area contributed by atoms with Crippen LogP contribution in [0, 0.1) is 5.92 Å². The molecule has 1 amide bonds. The predicted octanol–water partition coefficient (Wildman–Crippen LogP) is 1.20. The van der Waals surface area contributed by atoms with Crippen molar-refractivity contribution in [2.24, 2.45) is 5.92 Å². The highest BCUT2D eigenvalue weighted by molar-refractivity contribution is 5.98. The van der Waals surface area contributed by atoms with Crippen molar-refractivity contribution in [3.8, 4) is 0 Å². The number of likely N-dealkylation sites (tertiary alicyclic amines) is 1. The highest BCUT2D eigenvalue weighted by Crippen LogP contribution is 2.20. The summed E-state index contributed by atoms with van der Waals surface area (Å²) >= 11 is 0. The van der Waals surface area contributed by atoms with Crippen molar-refractivity contribution in [3.05, 3.63) is 0 Å². The van der Waals surface area contributed by atoms with Crippen LogP contribution in [0.25, 0.3) is 0 Å². The molecule has 4 heteroatoms. The van der Waals surface area contributed by atoms with Crippen LogP contribution in [-0.2, 0) is 14.3 Å². The van der Waals surface area contributed by atoms with Gasteiger partial charge < -0.3 is 9.64 Å². The van der Waals surface area contributed by atoms with Crippen molar-refractivity contribution < 1.29 is 14.3 Å². The molecule has 1 atom stereocenters. The summed E-state index contributed by atoms with van der Waals surface area (Å²) in [5.74, 6) is -1.10. The molecule has 0 aromatic heterocycles. The van der Waals surface area contributed by atoms with Crippen molar-refractivity contribution in [3.63, 3.8) is 0 Å². The number of carbonyl (C=O) groups is 2. The van der Waals surface area contributed by atoms with Crippen LogP contribution in [-0.4, -0.2) is 36.0 Å². The Morgan fingerprint density at radius 3 is 2.60 bits per heavy atom. The molecule has 1 rings (SSSR count). The monoisotopic (exact) mass is 213 g/mol. The minimum atomic E-state index is -0.594. The van der Waals surface area contributed by atoms with E-state index in [4.69, 9.17) is 4.74 Å². The zero-order chi connectivity index (χ0) is 11.6. The quantitative estimate of drug-likeness (QED) is 0.485. The number of hydrogen-bond acceptors (Lipinski definition) is 3. The maximum absolute atomic E-state index is 11.7. The van der Waals surface area contributed by atoms with Crippen molar-refractivity contribution in [2.75, 3.05) is 13.6 Å². The Labute approximate surface area is 90.6 Å². The van der Waals surface area contributed by atoms with Gasteiger partial charge in [0, 0.05) is 13.6 Å². The molecule has 1 heterocycles. The number of esters is 1. The summed E-state index contributed by atoms with van der Waals surface area (Å²) in [7, 11) is 1.72. The minimum Gasteiger partial charge on any atom is -0.459 e. The number of hydrogen-bond donors (Lipinski definition) is 0. The predicted molar refractivity (Wildman–Crippen MR) is 56.2 cm³/mol. The van der Waals surface area contributed by atoms with Crippen molar-refractivity contribution in [1.82, 2.24) is 4.90 Å². The highest BCUT2D eigenvalue weighted by atomic mass is 16.6. The first-order valence-corrected chi connectivity index (χ1v) is 5.29. The summed E-state index contributed by atoms with van der Waals surface area (Å²) in [6.07, 6.45) is 1.48. The fraction of sp³-hybridized carbons (Fsp3) is 0.818. The van der Waals surface area contributed by atoms with Gasteiger partial charge in [0.1, 0.15) is 11.5 Å². The first kappa shape index (κ1) is 12.0. The Kier molecular flexibility index (Phi) is 3.37. The van der Waals surface area contributed by atoms with E-state index in [0.717, 1.165) is 13.0 Å². The van der Waals surface area contributed by atoms with E-state index >= 15 is 0 Å². The van der Waals surface area contributed by atoms with Crippen LogP contribution in [0.4, 0.5) is 0 Å². The second-order valence-electron chi connectivity index (χ2n) is 4.99. The summed E-state index contributed by atoms with van der Waals surface area (Å²) in [5.41, 5.74) is -0.520. The molecule has 0 unspecified atom stereocenters. The van der Waals surface area contributed by atoms with E-state index in [1.54, 1.807) is 11.9 Å². The molecule has 86 valence electrons. The second kappa shape index (κ2) is 4.21. The smallest absolute Gasteiger partial charge is 0.319 e. The van der Waals surface area contributed by atoms with Crippen molar-refractivity contribution in [2.45, 2.75) is 39.2 Å². The molecule has 15 heavy (non-hydrogen) atoms. The average molecular weight is 213 g/mol. The van der Waals surface area contributed by atoms with Gasteiger partial charge in [0.05, 0.1) is 0 Å². The highest BCUT2D eigenvalue weighted by Gasteiger charge is 2.35. The number of nitrogens with zero attached hydrogens (tertiary/aromatic N) is 1. The Morgan fingerprint density at radius 2 is 2.07 bits per heavy atom. The normalized spacial score (nSPS) is 22.8. The summed E-state index contributed by atoms with van der Waals surface area (Å²) in [5, 5.41) is 0. The number of amides is 1. The minimum absolute atomic E-state index is 0.115. The Morgan fingerprint density at radius 1 is 1.47 bits per heavy atom. The van der Waals surface area contributed by atoms with Gasteiger partial charge in [-0.2, -0.15) is 0 Å². The first-order chi connectivity index (χ1) is 6.81. The molecule has 4 nitrogen and oxygen atoms in total. The molecule has 0 aliphatic carbocycles. The summed E-state index contributed by atoms with van der Waals surface area (Å²) in [6, 6.07) is 0. The van der Waals surface area contributed by atoms with Crippen LogP contribution in [0.2, 0.25) is 0 Å². The van der Waals surface area contributed by atoms with Crippen LogP contribution in [0.3, 0.4) is 0 Å². The van der Waals surface area contributed by atoms with Gasteiger partial charge in [-0.15, -0.1) is 0 Å². The van der Waals surface area contributed by atoms with E-state index in [-0.39, 0.29) is 11.9 Å². The third-order valence-electron chi connectivity index (χ3n) is 2.35. The van der Waals surface area contributed by atoms with Crippen LogP contribution < -0.4 is 0 Å². The molecular weight excluding hydrogens is 194 g/mol. The number of carbonyl (C=O) groups excluding carboxylic acids is 2. The van der Waals surface area contributed by atoms with Crippen LogP contribution in [0.15, 0.2) is 0 Å². The lowest BCUT2D eigenvalue weighted by atomic mass is 9.97. The lowest BCUT2D eigenvalue weighted by molar-refractivity contribution is -0.166. The van der Waals surface area contributed by atoms with Crippen molar-refractivity contribution in [1.29, 1.82) is 0 Å². The molecule has 1 aliphatic heterocycles. The van der Waals surface area contributed by atoms with E-state index in [1.165, 1.54) is 0 Å². The third-order valence-corrected chi connectivity index (χ3v) is 2.35. The molecule has 0 aromatic carbocycles. The summed E-state index contributed by atoms with van der Waals surface area (Å²) in [6.45, 7) is 6.16. The van der Waals surface area contributed by atoms with Gasteiger partial charge >= 0.3 is 5.97 Å². The Balaban J connectivity index is 2.63. The van der Waals surface area contributed by atoms with Gasteiger partial charge in [0.25, 0.3) is 0 Å². The Bertz CT molecular complexity index is 267. The first-order valence-electron chi connectivity index (χ1n) is 5.29. The second-order valence-corrected chi connectivity index (χ2v) is 4.99. The van der Waals surface area contributed by atoms with Crippen molar-refractivity contribution >= 4 is 11.9 Å². The molecule has 1 saturated heterocycles. The summed E-state index contributed by atoms with van der Waals surface area (Å²) < 4.78 is 5.21. The molecule has 0 aromatic rings. The topological polar surface area (TPSA) is 46.6 Å². The molecule has 0 bridgehead atoms. The molecule has 1 fully saturated rings. The third kappa shape index (κ3) is 3.22. The molecule has 0 radical (unpaired) electrons. The van der Waals surface area contributed by atoms with Gasteiger partial charge in [-0.25, -0.2) is 0 Å². The molecule has 0 N–H and O–H groups in total. The van der Waals surface area contributed by atoms with E-state index < -0.39 is 11.5 Å². The molecule has 1 aliphatic rings. The maximum atomic E-state index is 11.7. The van der Waals surface area contributed by atoms with Gasteiger partial charge in [0.2, 0.25) is 5.91 Å².